The van der Waals surface area contributed by atoms with Crippen LogP contribution in [-0.2, 0) is 4.74 Å². The lowest BCUT2D eigenvalue weighted by Crippen LogP contribution is -2.28. The van der Waals surface area contributed by atoms with Crippen molar-refractivity contribution >= 4 is 0 Å². The van der Waals surface area contributed by atoms with Crippen molar-refractivity contribution in [2.75, 3.05) is 13.8 Å². The fourth-order valence-electron chi connectivity index (χ4n) is 5.31. The van der Waals surface area contributed by atoms with E-state index in [1.54, 1.807) is 25.1 Å². The Bertz CT molecular complexity index is 804. The van der Waals surface area contributed by atoms with Crippen molar-refractivity contribution in [3.8, 4) is 11.1 Å². The van der Waals surface area contributed by atoms with E-state index in [0.717, 1.165) is 29.4 Å². The van der Waals surface area contributed by atoms with E-state index in [1.807, 2.05) is 13.2 Å². The summed E-state index contributed by atoms with van der Waals surface area (Å²) in [6.07, 6.45) is 11.8. The number of ether oxygens (including phenoxy) is 1. The maximum atomic E-state index is 13.3. The zero-order valence-electron chi connectivity index (χ0n) is 19.5. The number of alkyl halides is 1. The van der Waals surface area contributed by atoms with E-state index in [-0.39, 0.29) is 18.3 Å². The van der Waals surface area contributed by atoms with Crippen LogP contribution in [0.1, 0.15) is 63.4 Å². The van der Waals surface area contributed by atoms with Crippen LogP contribution in [0.25, 0.3) is 11.1 Å². The van der Waals surface area contributed by atoms with Gasteiger partial charge in [-0.15, -0.1) is 0 Å². The second-order valence-electron chi connectivity index (χ2n) is 9.50. The van der Waals surface area contributed by atoms with Crippen LogP contribution < -0.4 is 0 Å². The zero-order valence-corrected chi connectivity index (χ0v) is 19.5. The van der Waals surface area contributed by atoms with Crippen LogP contribution in [0.4, 0.5) is 13.2 Å². The Hall–Kier alpha value is -1.81. The molecule has 2 saturated carbocycles. The average molecular weight is 447 g/mol. The quantitative estimate of drug-likeness (QED) is 0.449. The molecule has 2 fully saturated rings. The molecule has 2 aromatic carbocycles. The molecule has 0 radical (unpaired) electrons. The van der Waals surface area contributed by atoms with Gasteiger partial charge < -0.3 is 4.74 Å². The smallest absolute Gasteiger partial charge is 0.126 e. The number of rotatable bonds is 5. The van der Waals surface area contributed by atoms with Crippen molar-refractivity contribution in [3.63, 3.8) is 0 Å². The number of hydrogen-bond donors (Lipinski definition) is 0. The third-order valence-electron chi connectivity index (χ3n) is 7.48. The van der Waals surface area contributed by atoms with Crippen molar-refractivity contribution in [2.24, 2.45) is 17.8 Å². The van der Waals surface area contributed by atoms with E-state index < -0.39 is 0 Å². The summed E-state index contributed by atoms with van der Waals surface area (Å²) in [6, 6.07) is 11.0. The van der Waals surface area contributed by atoms with Crippen LogP contribution in [0.3, 0.4) is 0 Å². The van der Waals surface area contributed by atoms with Crippen LogP contribution in [-0.4, -0.2) is 19.9 Å². The van der Waals surface area contributed by atoms with Gasteiger partial charge in [0.1, 0.15) is 11.6 Å². The monoisotopic (exact) mass is 446 g/mol. The molecule has 0 amide bonds. The number of methoxy groups -OCH3 is 1. The van der Waals surface area contributed by atoms with Crippen LogP contribution in [0, 0.1) is 36.3 Å². The molecule has 2 aromatic rings. The molecule has 4 rings (SSSR count). The molecular formula is C28H37F3O. The Morgan fingerprint density at radius 2 is 1.34 bits per heavy atom. The fraction of sp³-hybridized carbons (Fsp3) is 0.571. The second kappa shape index (κ2) is 12.4. The molecule has 1 nitrogen and oxygen atoms in total. The van der Waals surface area contributed by atoms with Gasteiger partial charge in [0.2, 0.25) is 0 Å². The normalized spacial score (nSPS) is 25.7. The second-order valence-corrected chi connectivity index (χ2v) is 9.50. The molecule has 0 N–H and O–H groups in total. The molecule has 2 aliphatic carbocycles. The Labute approximate surface area is 191 Å². The topological polar surface area (TPSA) is 9.23 Å². The van der Waals surface area contributed by atoms with Crippen molar-refractivity contribution in [2.45, 2.75) is 70.8 Å². The molecule has 32 heavy (non-hydrogen) atoms. The minimum atomic E-state index is -0.286. The molecular weight excluding hydrogens is 409 g/mol. The van der Waals surface area contributed by atoms with Crippen molar-refractivity contribution in [3.05, 3.63) is 59.7 Å². The Balaban J connectivity index is 0.000000182. The Morgan fingerprint density at radius 3 is 1.88 bits per heavy atom. The van der Waals surface area contributed by atoms with Crippen molar-refractivity contribution in [1.82, 2.24) is 0 Å². The van der Waals surface area contributed by atoms with E-state index >= 15 is 0 Å². The van der Waals surface area contributed by atoms with Gasteiger partial charge in [0.05, 0.1) is 12.8 Å². The van der Waals surface area contributed by atoms with Gasteiger partial charge in [-0.3, -0.25) is 4.39 Å². The molecule has 0 spiro atoms. The number of halogens is 3. The lowest BCUT2D eigenvalue weighted by atomic mass is 9.70. The predicted octanol–water partition coefficient (Wildman–Crippen LogP) is 8.30. The third kappa shape index (κ3) is 7.10. The minimum Gasteiger partial charge on any atom is -0.381 e. The summed E-state index contributed by atoms with van der Waals surface area (Å²) in [5.74, 6) is 2.03. The van der Waals surface area contributed by atoms with Gasteiger partial charge in [-0.1, -0.05) is 37.1 Å². The maximum Gasteiger partial charge on any atom is 0.126 e. The van der Waals surface area contributed by atoms with Gasteiger partial charge in [0.25, 0.3) is 0 Å². The highest BCUT2D eigenvalue weighted by atomic mass is 19.1. The first-order chi connectivity index (χ1) is 15.5. The minimum absolute atomic E-state index is 0.117. The van der Waals surface area contributed by atoms with Crippen LogP contribution in [0.5, 0.6) is 0 Å². The summed E-state index contributed by atoms with van der Waals surface area (Å²) in [5, 5.41) is 0. The summed E-state index contributed by atoms with van der Waals surface area (Å²) in [5.41, 5.74) is 2.19. The number of aryl methyl sites for hydroxylation is 1. The highest BCUT2D eigenvalue weighted by molar-refractivity contribution is 5.63. The molecule has 0 bridgehead atoms. The van der Waals surface area contributed by atoms with E-state index in [9.17, 15) is 13.2 Å². The van der Waals surface area contributed by atoms with E-state index in [1.165, 1.54) is 69.6 Å². The summed E-state index contributed by atoms with van der Waals surface area (Å²) in [6.45, 7) is 1.60. The fourth-order valence-corrected chi connectivity index (χ4v) is 5.31. The lowest BCUT2D eigenvalue weighted by molar-refractivity contribution is 0.0390. The van der Waals surface area contributed by atoms with Crippen molar-refractivity contribution in [1.29, 1.82) is 0 Å². The van der Waals surface area contributed by atoms with Gasteiger partial charge in [0.15, 0.2) is 0 Å². The number of hydrogen-bond acceptors (Lipinski definition) is 1. The average Bonchev–Trinajstić information content (AvgIpc) is 2.83. The van der Waals surface area contributed by atoms with Crippen LogP contribution >= 0.6 is 0 Å². The van der Waals surface area contributed by atoms with E-state index in [0.29, 0.717) is 17.6 Å². The summed E-state index contributed by atoms with van der Waals surface area (Å²) in [4.78, 5) is 0. The zero-order chi connectivity index (χ0) is 22.9. The Kier molecular flexibility index (Phi) is 9.65. The van der Waals surface area contributed by atoms with E-state index in [2.05, 4.69) is 0 Å². The molecule has 4 heteroatoms. The predicted molar refractivity (Wildman–Crippen MR) is 125 cm³/mol. The summed E-state index contributed by atoms with van der Waals surface area (Å²) >= 11 is 0. The molecule has 2 aliphatic rings. The molecule has 0 aromatic heterocycles. The van der Waals surface area contributed by atoms with Gasteiger partial charge in [-0.25, -0.2) is 8.78 Å². The largest absolute Gasteiger partial charge is 0.381 e. The highest BCUT2D eigenvalue weighted by Crippen LogP contribution is 2.41. The SMILES string of the molecule is COC1CCC(C2CCC(CCF)CC2)CC1.Cc1ccc(-c2ccc(F)cc2)cc1F. The van der Waals surface area contributed by atoms with Crippen LogP contribution in [0.2, 0.25) is 0 Å². The number of benzene rings is 2. The third-order valence-corrected chi connectivity index (χ3v) is 7.48. The standard InChI is InChI=1S/C15H27FO.C13H10F2/c1-17-15-8-6-14(7-9-15)13-4-2-12(3-5-13)10-11-16;1-9-2-3-11(8-13(9)15)10-4-6-12(14)7-5-10/h12-15H,2-11H2,1H3;2-8H,1H3. The molecule has 0 saturated heterocycles. The van der Waals surface area contributed by atoms with Gasteiger partial charge in [-0.2, -0.15) is 0 Å². The van der Waals surface area contributed by atoms with Gasteiger partial charge in [0, 0.05) is 7.11 Å². The van der Waals surface area contributed by atoms with Crippen molar-refractivity contribution < 1.29 is 17.9 Å². The summed E-state index contributed by atoms with van der Waals surface area (Å²) < 4.78 is 43.7. The first-order valence-corrected chi connectivity index (χ1v) is 12.1. The first-order valence-electron chi connectivity index (χ1n) is 12.1. The molecule has 0 heterocycles. The van der Waals surface area contributed by atoms with E-state index in [4.69, 9.17) is 4.74 Å². The molecule has 176 valence electrons. The van der Waals surface area contributed by atoms with Gasteiger partial charge >= 0.3 is 0 Å². The highest BCUT2D eigenvalue weighted by Gasteiger charge is 2.30. The molecule has 0 unspecified atom stereocenters. The lowest BCUT2D eigenvalue weighted by Gasteiger charge is -2.37. The Morgan fingerprint density at radius 1 is 0.781 bits per heavy atom. The molecule has 0 atom stereocenters. The summed E-state index contributed by atoms with van der Waals surface area (Å²) in [7, 11) is 1.84. The maximum absolute atomic E-state index is 13.3. The molecule has 0 aliphatic heterocycles. The van der Waals surface area contributed by atoms with Crippen LogP contribution in [0.15, 0.2) is 42.5 Å². The first kappa shape index (κ1) is 24.8. The van der Waals surface area contributed by atoms with Gasteiger partial charge in [-0.05, 0) is 105 Å².